The first kappa shape index (κ1) is 14.8. The van der Waals surface area contributed by atoms with Crippen LogP contribution in [0.1, 0.15) is 31.7 Å². The average molecular weight is 301 g/mol. The van der Waals surface area contributed by atoms with Crippen LogP contribution in [0, 0.1) is 5.92 Å². The summed E-state index contributed by atoms with van der Waals surface area (Å²) in [6.07, 6.45) is 3.35. The molecule has 1 aliphatic rings. The highest BCUT2D eigenvalue weighted by Gasteiger charge is 2.30. The Morgan fingerprint density at radius 2 is 2.11 bits per heavy atom. The van der Waals surface area contributed by atoms with E-state index in [-0.39, 0.29) is 5.78 Å². The number of carbonyl (C=O) groups excluding carboxylic acids is 1. The summed E-state index contributed by atoms with van der Waals surface area (Å²) >= 11 is 12.0. The van der Waals surface area contributed by atoms with Crippen LogP contribution < -0.4 is 0 Å². The molecule has 0 amide bonds. The first-order chi connectivity index (χ1) is 9.08. The summed E-state index contributed by atoms with van der Waals surface area (Å²) in [5.41, 5.74) is 0.819. The van der Waals surface area contributed by atoms with Gasteiger partial charge in [-0.2, -0.15) is 0 Å². The zero-order chi connectivity index (χ0) is 13.8. The van der Waals surface area contributed by atoms with Gasteiger partial charge in [0.2, 0.25) is 0 Å². The lowest BCUT2D eigenvalue weighted by molar-refractivity contribution is -0.121. The monoisotopic (exact) mass is 300 g/mol. The SMILES string of the molecule is CCOC1CC(CC(=O)Cc2cc(Cl)ccc2Cl)C1. The predicted molar refractivity (Wildman–Crippen MR) is 77.9 cm³/mol. The van der Waals surface area contributed by atoms with Crippen molar-refractivity contribution in [1.29, 1.82) is 0 Å². The van der Waals surface area contributed by atoms with Crippen LogP contribution in [-0.2, 0) is 16.0 Å². The predicted octanol–water partition coefficient (Wildman–Crippen LogP) is 4.31. The third kappa shape index (κ3) is 4.20. The summed E-state index contributed by atoms with van der Waals surface area (Å²) in [4.78, 5) is 12.0. The van der Waals surface area contributed by atoms with Crippen molar-refractivity contribution in [3.8, 4) is 0 Å². The van der Waals surface area contributed by atoms with E-state index in [1.54, 1.807) is 18.2 Å². The molecule has 0 N–H and O–H groups in total. The minimum Gasteiger partial charge on any atom is -0.378 e. The fourth-order valence-corrected chi connectivity index (χ4v) is 2.88. The van der Waals surface area contributed by atoms with E-state index in [1.807, 2.05) is 6.92 Å². The molecule has 4 heteroatoms. The highest BCUT2D eigenvalue weighted by atomic mass is 35.5. The molecule has 1 aliphatic carbocycles. The first-order valence-electron chi connectivity index (χ1n) is 6.65. The van der Waals surface area contributed by atoms with E-state index in [1.165, 1.54) is 0 Å². The zero-order valence-corrected chi connectivity index (χ0v) is 12.5. The number of carbonyl (C=O) groups is 1. The van der Waals surface area contributed by atoms with Gasteiger partial charge in [0, 0.05) is 29.5 Å². The van der Waals surface area contributed by atoms with Crippen molar-refractivity contribution in [2.75, 3.05) is 6.61 Å². The number of halogens is 2. The highest BCUT2D eigenvalue weighted by molar-refractivity contribution is 6.33. The van der Waals surface area contributed by atoms with Gasteiger partial charge in [0.25, 0.3) is 0 Å². The lowest BCUT2D eigenvalue weighted by Crippen LogP contribution is -2.33. The van der Waals surface area contributed by atoms with Crippen LogP contribution in [-0.4, -0.2) is 18.5 Å². The van der Waals surface area contributed by atoms with Crippen molar-refractivity contribution >= 4 is 29.0 Å². The number of Topliss-reactive ketones (excluding diaryl/α,β-unsaturated/α-hetero) is 1. The number of hydrogen-bond acceptors (Lipinski definition) is 2. The van der Waals surface area contributed by atoms with Crippen molar-refractivity contribution in [2.45, 2.75) is 38.7 Å². The second-order valence-electron chi connectivity index (χ2n) is 5.07. The van der Waals surface area contributed by atoms with Crippen LogP contribution in [0.4, 0.5) is 0 Å². The molecule has 1 aromatic carbocycles. The maximum Gasteiger partial charge on any atom is 0.137 e. The molecular formula is C15H18Cl2O2. The second kappa shape index (κ2) is 6.74. The van der Waals surface area contributed by atoms with E-state index in [2.05, 4.69) is 0 Å². The van der Waals surface area contributed by atoms with Crippen LogP contribution in [0.2, 0.25) is 10.0 Å². The van der Waals surface area contributed by atoms with Crippen LogP contribution in [0.15, 0.2) is 18.2 Å². The maximum atomic E-state index is 12.0. The van der Waals surface area contributed by atoms with Crippen LogP contribution in [0.3, 0.4) is 0 Å². The Bertz CT molecular complexity index is 453. The number of ether oxygens (including phenoxy) is 1. The summed E-state index contributed by atoms with van der Waals surface area (Å²) in [6.45, 7) is 2.75. The topological polar surface area (TPSA) is 26.3 Å². The van der Waals surface area contributed by atoms with E-state index in [0.29, 0.717) is 34.9 Å². The van der Waals surface area contributed by atoms with Crippen molar-refractivity contribution < 1.29 is 9.53 Å². The molecule has 1 aromatic rings. The van der Waals surface area contributed by atoms with Crippen molar-refractivity contribution in [3.63, 3.8) is 0 Å². The van der Waals surface area contributed by atoms with Gasteiger partial charge in [0.15, 0.2) is 0 Å². The molecule has 1 saturated carbocycles. The number of ketones is 1. The minimum absolute atomic E-state index is 0.226. The molecule has 2 rings (SSSR count). The van der Waals surface area contributed by atoms with Gasteiger partial charge in [-0.3, -0.25) is 4.79 Å². The molecule has 2 nitrogen and oxygen atoms in total. The lowest BCUT2D eigenvalue weighted by atomic mass is 9.78. The van der Waals surface area contributed by atoms with Gasteiger partial charge in [0.05, 0.1) is 6.10 Å². The molecule has 0 bridgehead atoms. The van der Waals surface area contributed by atoms with Gasteiger partial charge >= 0.3 is 0 Å². The molecule has 1 fully saturated rings. The lowest BCUT2D eigenvalue weighted by Gasteiger charge is -2.34. The fourth-order valence-electron chi connectivity index (χ4n) is 2.50. The largest absolute Gasteiger partial charge is 0.378 e. The molecule has 0 atom stereocenters. The molecule has 19 heavy (non-hydrogen) atoms. The zero-order valence-electron chi connectivity index (χ0n) is 11.0. The fraction of sp³-hybridized carbons (Fsp3) is 0.533. The van der Waals surface area contributed by atoms with E-state index in [4.69, 9.17) is 27.9 Å². The van der Waals surface area contributed by atoms with Gasteiger partial charge in [-0.1, -0.05) is 23.2 Å². The number of benzene rings is 1. The summed E-state index contributed by atoms with van der Waals surface area (Å²) in [5.74, 6) is 0.700. The molecular weight excluding hydrogens is 283 g/mol. The third-order valence-electron chi connectivity index (χ3n) is 3.51. The normalized spacial score (nSPS) is 22.1. The summed E-state index contributed by atoms with van der Waals surface area (Å²) in [6, 6.07) is 5.24. The van der Waals surface area contributed by atoms with Gasteiger partial charge in [-0.25, -0.2) is 0 Å². The van der Waals surface area contributed by atoms with Crippen molar-refractivity contribution in [1.82, 2.24) is 0 Å². The Kier molecular flexibility index (Phi) is 5.26. The summed E-state index contributed by atoms with van der Waals surface area (Å²) < 4.78 is 5.49. The van der Waals surface area contributed by atoms with Crippen LogP contribution in [0.25, 0.3) is 0 Å². The minimum atomic E-state index is 0.226. The Morgan fingerprint density at radius 1 is 1.37 bits per heavy atom. The molecule has 0 aromatic heterocycles. The second-order valence-corrected chi connectivity index (χ2v) is 5.91. The van der Waals surface area contributed by atoms with Gasteiger partial charge in [-0.15, -0.1) is 0 Å². The summed E-state index contributed by atoms with van der Waals surface area (Å²) in [7, 11) is 0. The smallest absolute Gasteiger partial charge is 0.137 e. The van der Waals surface area contributed by atoms with Gasteiger partial charge < -0.3 is 4.74 Å². The van der Waals surface area contributed by atoms with Crippen molar-refractivity contribution in [3.05, 3.63) is 33.8 Å². The molecule has 0 aliphatic heterocycles. The van der Waals surface area contributed by atoms with E-state index in [0.717, 1.165) is 25.0 Å². The van der Waals surface area contributed by atoms with E-state index < -0.39 is 0 Å². The molecule has 0 saturated heterocycles. The van der Waals surface area contributed by atoms with E-state index >= 15 is 0 Å². The van der Waals surface area contributed by atoms with Crippen molar-refractivity contribution in [2.24, 2.45) is 5.92 Å². The van der Waals surface area contributed by atoms with Gasteiger partial charge in [0.1, 0.15) is 5.78 Å². The van der Waals surface area contributed by atoms with E-state index in [9.17, 15) is 4.79 Å². The number of hydrogen-bond donors (Lipinski definition) is 0. The third-order valence-corrected chi connectivity index (χ3v) is 4.11. The molecule has 0 radical (unpaired) electrons. The van der Waals surface area contributed by atoms with Crippen LogP contribution >= 0.6 is 23.2 Å². The Labute approximate surface area is 124 Å². The standard InChI is InChI=1S/C15H18Cl2O2/c1-2-19-14-6-10(7-14)5-13(18)9-11-8-12(16)3-4-15(11)17/h3-4,8,10,14H,2,5-7,9H2,1H3. The summed E-state index contributed by atoms with van der Waals surface area (Å²) in [5, 5.41) is 1.23. The number of rotatable bonds is 6. The van der Waals surface area contributed by atoms with Gasteiger partial charge in [-0.05, 0) is 49.4 Å². The Balaban J connectivity index is 1.80. The molecule has 0 spiro atoms. The Morgan fingerprint density at radius 3 is 2.79 bits per heavy atom. The molecule has 104 valence electrons. The Hall–Kier alpha value is -0.570. The molecule has 0 heterocycles. The quantitative estimate of drug-likeness (QED) is 0.782. The molecule has 0 unspecified atom stereocenters. The highest BCUT2D eigenvalue weighted by Crippen LogP contribution is 2.33. The first-order valence-corrected chi connectivity index (χ1v) is 7.41. The van der Waals surface area contributed by atoms with Crippen LogP contribution in [0.5, 0.6) is 0 Å². The average Bonchev–Trinajstić information content (AvgIpc) is 2.31. The maximum absolute atomic E-state index is 12.0.